The number of hydrogen-bond donors (Lipinski definition) is 1. The van der Waals surface area contributed by atoms with Crippen LogP contribution in [0.3, 0.4) is 0 Å². The highest BCUT2D eigenvalue weighted by Crippen LogP contribution is 2.40. The van der Waals surface area contributed by atoms with Gasteiger partial charge < -0.3 is 14.7 Å². The fourth-order valence-corrected chi connectivity index (χ4v) is 4.34. The Balaban J connectivity index is 1.78. The number of aliphatic hydroxyl groups excluding tert-OH is 1. The minimum Gasteiger partial charge on any atom is -0.507 e. The van der Waals surface area contributed by atoms with Gasteiger partial charge in [0.1, 0.15) is 11.5 Å². The van der Waals surface area contributed by atoms with Gasteiger partial charge in [0.15, 0.2) is 0 Å². The predicted molar refractivity (Wildman–Crippen MR) is 133 cm³/mol. The number of nitrogens with zero attached hydrogens (tertiary/aromatic N) is 1. The summed E-state index contributed by atoms with van der Waals surface area (Å²) in [5.41, 5.74) is 3.59. The first-order valence-corrected chi connectivity index (χ1v) is 11.7. The van der Waals surface area contributed by atoms with E-state index >= 15 is 0 Å². The molecule has 1 aliphatic heterocycles. The molecule has 4 rings (SSSR count). The van der Waals surface area contributed by atoms with Crippen LogP contribution in [0.25, 0.3) is 5.76 Å². The Morgan fingerprint density at radius 2 is 1.65 bits per heavy atom. The van der Waals surface area contributed by atoms with E-state index < -0.39 is 17.7 Å². The van der Waals surface area contributed by atoms with Crippen molar-refractivity contribution in [2.45, 2.75) is 32.7 Å². The van der Waals surface area contributed by atoms with E-state index in [2.05, 4.69) is 6.92 Å². The van der Waals surface area contributed by atoms with Crippen LogP contribution in [0.4, 0.5) is 0 Å². The van der Waals surface area contributed by atoms with Crippen LogP contribution in [0, 0.1) is 0 Å². The van der Waals surface area contributed by atoms with Gasteiger partial charge in [-0.1, -0.05) is 73.7 Å². The molecule has 3 aromatic carbocycles. The fraction of sp³-hybridized carbons (Fsp3) is 0.241. The molecular weight excluding hydrogens is 426 g/mol. The Bertz CT molecular complexity index is 1200. The molecule has 0 aromatic heterocycles. The van der Waals surface area contributed by atoms with Crippen molar-refractivity contribution in [1.82, 2.24) is 4.90 Å². The molecule has 5 heteroatoms. The van der Waals surface area contributed by atoms with Crippen LogP contribution in [0.5, 0.6) is 5.75 Å². The Kier molecular flexibility index (Phi) is 7.12. The number of aryl methyl sites for hydroxylation is 1. The zero-order valence-corrected chi connectivity index (χ0v) is 19.5. The molecule has 1 heterocycles. The van der Waals surface area contributed by atoms with Crippen molar-refractivity contribution < 1.29 is 19.4 Å². The van der Waals surface area contributed by atoms with Crippen molar-refractivity contribution in [2.75, 3.05) is 13.2 Å². The molecular formula is C29H29NO4. The molecule has 0 aliphatic carbocycles. The Hall–Kier alpha value is -3.86. The summed E-state index contributed by atoms with van der Waals surface area (Å²) in [5.74, 6) is -0.861. The van der Waals surface area contributed by atoms with Crippen molar-refractivity contribution in [3.05, 3.63) is 107 Å². The highest BCUT2D eigenvalue weighted by Gasteiger charge is 2.45. The number of ether oxygens (including phenoxy) is 1. The molecule has 3 aromatic rings. The third kappa shape index (κ3) is 4.74. The molecule has 1 atom stereocenters. The molecule has 0 radical (unpaired) electrons. The molecule has 0 bridgehead atoms. The van der Waals surface area contributed by atoms with E-state index in [1.54, 1.807) is 29.2 Å². The van der Waals surface area contributed by atoms with E-state index in [0.29, 0.717) is 30.9 Å². The number of carbonyl (C=O) groups excluding carboxylic acids is 2. The van der Waals surface area contributed by atoms with Crippen molar-refractivity contribution in [3.63, 3.8) is 0 Å². The van der Waals surface area contributed by atoms with E-state index in [-0.39, 0.29) is 11.3 Å². The zero-order valence-electron chi connectivity index (χ0n) is 19.5. The highest BCUT2D eigenvalue weighted by molar-refractivity contribution is 6.46. The van der Waals surface area contributed by atoms with E-state index in [1.807, 2.05) is 61.5 Å². The summed E-state index contributed by atoms with van der Waals surface area (Å²) in [6, 6.07) is 24.0. The number of aliphatic hydroxyl groups is 1. The SMILES string of the molecule is CCOc1cccc(/C(O)=C2\C(=O)C(=O)N(CCc3ccccc3)C2c2ccc(CC)cc2)c1. The quantitative estimate of drug-likeness (QED) is 0.284. The molecule has 1 N–H and O–H groups in total. The summed E-state index contributed by atoms with van der Waals surface area (Å²) in [7, 11) is 0. The zero-order chi connectivity index (χ0) is 24.1. The first-order valence-electron chi connectivity index (χ1n) is 11.7. The number of ketones is 1. The number of carbonyl (C=O) groups is 2. The number of rotatable bonds is 8. The third-order valence-corrected chi connectivity index (χ3v) is 6.15. The van der Waals surface area contributed by atoms with Crippen LogP contribution in [0.15, 0.2) is 84.4 Å². The maximum Gasteiger partial charge on any atom is 0.295 e. The molecule has 0 spiro atoms. The third-order valence-electron chi connectivity index (χ3n) is 6.15. The molecule has 1 fully saturated rings. The van der Waals surface area contributed by atoms with E-state index in [4.69, 9.17) is 4.74 Å². The van der Waals surface area contributed by atoms with Gasteiger partial charge >= 0.3 is 0 Å². The first-order chi connectivity index (χ1) is 16.5. The molecule has 5 nitrogen and oxygen atoms in total. The number of likely N-dealkylation sites (tertiary alicyclic amines) is 1. The number of benzene rings is 3. The lowest BCUT2D eigenvalue weighted by atomic mass is 9.94. The van der Waals surface area contributed by atoms with Crippen LogP contribution >= 0.6 is 0 Å². The largest absolute Gasteiger partial charge is 0.507 e. The smallest absolute Gasteiger partial charge is 0.295 e. The van der Waals surface area contributed by atoms with Crippen molar-refractivity contribution in [2.24, 2.45) is 0 Å². The monoisotopic (exact) mass is 455 g/mol. The number of hydrogen-bond acceptors (Lipinski definition) is 4. The first kappa shape index (κ1) is 23.3. The Labute approximate surface area is 200 Å². The molecule has 34 heavy (non-hydrogen) atoms. The Morgan fingerprint density at radius 1 is 0.912 bits per heavy atom. The summed E-state index contributed by atoms with van der Waals surface area (Å²) >= 11 is 0. The van der Waals surface area contributed by atoms with E-state index in [0.717, 1.165) is 23.1 Å². The number of Topliss-reactive ketones (excluding diaryl/α,β-unsaturated/α-hetero) is 1. The van der Waals surface area contributed by atoms with Gasteiger partial charge in [-0.2, -0.15) is 0 Å². The van der Waals surface area contributed by atoms with Crippen LogP contribution in [-0.2, 0) is 22.4 Å². The van der Waals surface area contributed by atoms with E-state index in [9.17, 15) is 14.7 Å². The minimum absolute atomic E-state index is 0.107. The van der Waals surface area contributed by atoms with Crippen molar-refractivity contribution >= 4 is 17.4 Å². The molecule has 1 unspecified atom stereocenters. The van der Waals surface area contributed by atoms with Gasteiger partial charge in [-0.3, -0.25) is 9.59 Å². The maximum absolute atomic E-state index is 13.2. The molecule has 1 aliphatic rings. The summed E-state index contributed by atoms with van der Waals surface area (Å²) < 4.78 is 5.56. The summed E-state index contributed by atoms with van der Waals surface area (Å²) in [6.45, 7) is 4.81. The summed E-state index contributed by atoms with van der Waals surface area (Å²) in [4.78, 5) is 28.0. The normalized spacial score (nSPS) is 17.2. The van der Waals surface area contributed by atoms with Crippen LogP contribution in [0.1, 0.15) is 42.1 Å². The van der Waals surface area contributed by atoms with Gasteiger partial charge in [-0.15, -0.1) is 0 Å². The number of amides is 1. The van der Waals surface area contributed by atoms with Crippen molar-refractivity contribution in [1.29, 1.82) is 0 Å². The average molecular weight is 456 g/mol. The lowest BCUT2D eigenvalue weighted by Gasteiger charge is -2.25. The fourth-order valence-electron chi connectivity index (χ4n) is 4.34. The minimum atomic E-state index is -0.669. The second-order valence-corrected chi connectivity index (χ2v) is 8.28. The van der Waals surface area contributed by atoms with E-state index in [1.165, 1.54) is 0 Å². The molecule has 174 valence electrons. The molecule has 1 amide bonds. The summed E-state index contributed by atoms with van der Waals surface area (Å²) in [5, 5.41) is 11.3. The lowest BCUT2D eigenvalue weighted by Crippen LogP contribution is -2.31. The van der Waals surface area contributed by atoms with Gasteiger partial charge in [0.25, 0.3) is 11.7 Å². The maximum atomic E-state index is 13.2. The predicted octanol–water partition coefficient (Wildman–Crippen LogP) is 5.31. The second kappa shape index (κ2) is 10.4. The highest BCUT2D eigenvalue weighted by atomic mass is 16.5. The van der Waals surface area contributed by atoms with Gasteiger partial charge in [0.05, 0.1) is 18.2 Å². The molecule has 0 saturated carbocycles. The van der Waals surface area contributed by atoms with Gasteiger partial charge in [-0.05, 0) is 48.6 Å². The standard InChI is InChI=1S/C29H29NO4/c1-3-20-13-15-22(16-14-20)26-25(27(31)23-11-8-12-24(19-23)34-4-2)28(32)29(33)30(26)18-17-21-9-6-5-7-10-21/h5-16,19,26,31H,3-4,17-18H2,1-2H3/b27-25+. The average Bonchev–Trinajstić information content (AvgIpc) is 3.13. The van der Waals surface area contributed by atoms with Gasteiger partial charge in [0.2, 0.25) is 0 Å². The van der Waals surface area contributed by atoms with Gasteiger partial charge in [0, 0.05) is 12.1 Å². The van der Waals surface area contributed by atoms with Crippen molar-refractivity contribution in [3.8, 4) is 5.75 Å². The second-order valence-electron chi connectivity index (χ2n) is 8.28. The summed E-state index contributed by atoms with van der Waals surface area (Å²) in [6.07, 6.45) is 1.50. The van der Waals surface area contributed by atoms with Crippen LogP contribution in [-0.4, -0.2) is 34.8 Å². The lowest BCUT2D eigenvalue weighted by molar-refractivity contribution is -0.139. The topological polar surface area (TPSA) is 66.8 Å². The molecule has 1 saturated heterocycles. The van der Waals surface area contributed by atoms with Gasteiger partial charge in [-0.25, -0.2) is 0 Å². The van der Waals surface area contributed by atoms with Crippen LogP contribution in [0.2, 0.25) is 0 Å². The Morgan fingerprint density at radius 3 is 2.32 bits per heavy atom. The van der Waals surface area contributed by atoms with Crippen LogP contribution < -0.4 is 4.74 Å².